The van der Waals surface area contributed by atoms with E-state index in [2.05, 4.69) is 27.4 Å². The Morgan fingerprint density at radius 3 is 2.73 bits per heavy atom. The summed E-state index contributed by atoms with van der Waals surface area (Å²) in [5.41, 5.74) is 1.24. The topological polar surface area (TPSA) is 53.9 Å². The number of halogens is 1. The lowest BCUT2D eigenvalue weighted by atomic mass is 10.1. The van der Waals surface area contributed by atoms with E-state index in [0.29, 0.717) is 5.95 Å². The number of unbranched alkanes of at least 4 members (excludes halogenated alkanes) is 1. The Morgan fingerprint density at radius 1 is 1.23 bits per heavy atom. The normalized spacial score (nSPS) is 10.5. The van der Waals surface area contributed by atoms with Crippen LogP contribution in [0.4, 0.5) is 11.8 Å². The highest BCUT2D eigenvalue weighted by atomic mass is 35.5. The molecule has 5 nitrogen and oxygen atoms in total. The van der Waals surface area contributed by atoms with Gasteiger partial charge in [0.25, 0.3) is 0 Å². The van der Waals surface area contributed by atoms with Crippen LogP contribution in [0.15, 0.2) is 30.5 Å². The van der Waals surface area contributed by atoms with Crippen molar-refractivity contribution >= 4 is 23.4 Å². The van der Waals surface area contributed by atoms with E-state index >= 15 is 0 Å². The van der Waals surface area contributed by atoms with Crippen molar-refractivity contribution in [3.63, 3.8) is 0 Å². The smallest absolute Gasteiger partial charge is 0.247 e. The minimum atomic E-state index is 0.657. The monoisotopic (exact) mass is 319 g/mol. The number of hydrogen-bond acceptors (Lipinski definition) is 5. The zero-order valence-electron chi connectivity index (χ0n) is 13.1. The van der Waals surface area contributed by atoms with E-state index in [-0.39, 0.29) is 0 Å². The molecule has 6 heteroatoms. The maximum absolute atomic E-state index is 5.88. The van der Waals surface area contributed by atoms with Gasteiger partial charge in [0.1, 0.15) is 0 Å². The Labute approximate surface area is 136 Å². The van der Waals surface area contributed by atoms with Crippen molar-refractivity contribution in [3.05, 3.63) is 41.0 Å². The summed E-state index contributed by atoms with van der Waals surface area (Å²) in [7, 11) is 1.99. The van der Waals surface area contributed by atoms with Gasteiger partial charge in [-0.2, -0.15) is 10.1 Å². The average molecular weight is 320 g/mol. The van der Waals surface area contributed by atoms with Crippen LogP contribution in [0.5, 0.6) is 0 Å². The summed E-state index contributed by atoms with van der Waals surface area (Å²) in [5, 5.41) is 12.1. The van der Waals surface area contributed by atoms with Gasteiger partial charge in [-0.15, -0.1) is 5.10 Å². The van der Waals surface area contributed by atoms with E-state index in [4.69, 9.17) is 11.6 Å². The molecule has 0 saturated carbocycles. The van der Waals surface area contributed by atoms with E-state index in [0.717, 1.165) is 43.2 Å². The number of hydrogen-bond donors (Lipinski definition) is 1. The first-order chi connectivity index (χ1) is 10.7. The summed E-state index contributed by atoms with van der Waals surface area (Å²) in [4.78, 5) is 6.52. The van der Waals surface area contributed by atoms with Crippen LogP contribution in [0.3, 0.4) is 0 Å². The minimum absolute atomic E-state index is 0.657. The Balaban J connectivity index is 1.86. The fourth-order valence-corrected chi connectivity index (χ4v) is 2.15. The van der Waals surface area contributed by atoms with Crippen molar-refractivity contribution in [1.82, 2.24) is 15.2 Å². The molecule has 0 unspecified atom stereocenters. The average Bonchev–Trinajstić information content (AvgIpc) is 2.55. The highest BCUT2D eigenvalue weighted by Gasteiger charge is 2.05. The molecule has 0 spiro atoms. The zero-order valence-corrected chi connectivity index (χ0v) is 13.8. The molecule has 0 amide bonds. The van der Waals surface area contributed by atoms with Crippen LogP contribution in [0, 0.1) is 0 Å². The van der Waals surface area contributed by atoms with Crippen molar-refractivity contribution in [1.29, 1.82) is 0 Å². The van der Waals surface area contributed by atoms with Gasteiger partial charge in [0.2, 0.25) is 5.95 Å². The molecule has 0 fully saturated rings. The Hall–Kier alpha value is -1.88. The van der Waals surface area contributed by atoms with E-state index in [1.165, 1.54) is 5.56 Å². The summed E-state index contributed by atoms with van der Waals surface area (Å²) in [6, 6.07) is 7.88. The van der Waals surface area contributed by atoms with E-state index in [1.54, 1.807) is 6.20 Å². The highest BCUT2D eigenvalue weighted by Crippen LogP contribution is 2.11. The molecule has 0 aliphatic rings. The van der Waals surface area contributed by atoms with E-state index in [9.17, 15) is 0 Å². The predicted octanol–water partition coefficient (Wildman–Crippen LogP) is 3.42. The second kappa shape index (κ2) is 8.54. The van der Waals surface area contributed by atoms with Crippen LogP contribution in [0.25, 0.3) is 0 Å². The molecule has 0 aliphatic carbocycles. The van der Waals surface area contributed by atoms with E-state index < -0.39 is 0 Å². The van der Waals surface area contributed by atoms with Gasteiger partial charge in [-0.3, -0.25) is 0 Å². The van der Waals surface area contributed by atoms with Gasteiger partial charge in [-0.25, -0.2) is 0 Å². The largest absolute Gasteiger partial charge is 0.368 e. The zero-order chi connectivity index (χ0) is 15.8. The first-order valence-electron chi connectivity index (χ1n) is 7.58. The third-order valence-electron chi connectivity index (χ3n) is 3.37. The van der Waals surface area contributed by atoms with Gasteiger partial charge in [0.15, 0.2) is 5.82 Å². The Kier molecular flexibility index (Phi) is 6.40. The van der Waals surface area contributed by atoms with Gasteiger partial charge in [0, 0.05) is 25.2 Å². The minimum Gasteiger partial charge on any atom is -0.368 e. The first-order valence-corrected chi connectivity index (χ1v) is 7.96. The molecule has 118 valence electrons. The molecule has 2 aromatic rings. The van der Waals surface area contributed by atoms with E-state index in [1.807, 2.05) is 36.2 Å². The van der Waals surface area contributed by atoms with Gasteiger partial charge < -0.3 is 10.2 Å². The molecular weight excluding hydrogens is 298 g/mol. The molecule has 1 N–H and O–H groups in total. The Bertz CT molecular complexity index is 573. The number of rotatable bonds is 8. The fraction of sp³-hybridized carbons (Fsp3) is 0.438. The van der Waals surface area contributed by atoms with Crippen LogP contribution in [0.2, 0.25) is 5.02 Å². The lowest BCUT2D eigenvalue weighted by Gasteiger charge is -2.16. The SMILES string of the molecule is CCCCN(C)c1nncc(NCCc2ccc(Cl)cc2)n1. The molecular formula is C16H22ClN5. The number of nitrogens with one attached hydrogen (secondary N) is 1. The van der Waals surface area contributed by atoms with Crippen LogP contribution in [-0.2, 0) is 6.42 Å². The summed E-state index contributed by atoms with van der Waals surface area (Å²) >= 11 is 5.88. The Morgan fingerprint density at radius 2 is 2.00 bits per heavy atom. The van der Waals surface area contributed by atoms with Crippen LogP contribution in [-0.4, -0.2) is 35.3 Å². The predicted molar refractivity (Wildman–Crippen MR) is 91.7 cm³/mol. The third-order valence-corrected chi connectivity index (χ3v) is 3.62. The number of nitrogens with zero attached hydrogens (tertiary/aromatic N) is 4. The quantitative estimate of drug-likeness (QED) is 0.808. The van der Waals surface area contributed by atoms with Gasteiger partial charge >= 0.3 is 0 Å². The second-order valence-corrected chi connectivity index (χ2v) is 5.66. The van der Waals surface area contributed by atoms with Crippen molar-refractivity contribution < 1.29 is 0 Å². The molecule has 1 heterocycles. The molecule has 0 atom stereocenters. The molecule has 0 bridgehead atoms. The molecule has 22 heavy (non-hydrogen) atoms. The van der Waals surface area contributed by atoms with Crippen molar-refractivity contribution in [3.8, 4) is 0 Å². The lowest BCUT2D eigenvalue weighted by Crippen LogP contribution is -2.22. The van der Waals surface area contributed by atoms with Gasteiger partial charge in [-0.1, -0.05) is 37.1 Å². The molecule has 1 aromatic heterocycles. The van der Waals surface area contributed by atoms with Crippen molar-refractivity contribution in [2.24, 2.45) is 0 Å². The molecule has 2 rings (SSSR count). The van der Waals surface area contributed by atoms with Gasteiger partial charge in [-0.05, 0) is 30.5 Å². The highest BCUT2D eigenvalue weighted by molar-refractivity contribution is 6.30. The van der Waals surface area contributed by atoms with Gasteiger partial charge in [0.05, 0.1) is 6.20 Å². The molecule has 0 aliphatic heterocycles. The fourth-order valence-electron chi connectivity index (χ4n) is 2.02. The standard InChI is InChI=1S/C16H22ClN5/c1-3-4-11-22(2)16-20-15(12-19-21-16)18-10-9-13-5-7-14(17)8-6-13/h5-8,12H,3-4,9-11H2,1-2H3,(H,18,20,21). The molecule has 1 aromatic carbocycles. The van der Waals surface area contributed by atoms with Crippen molar-refractivity contribution in [2.75, 3.05) is 30.4 Å². The number of aromatic nitrogens is 3. The summed E-state index contributed by atoms with van der Waals surface area (Å²) in [5.74, 6) is 1.41. The van der Waals surface area contributed by atoms with Crippen LogP contribution < -0.4 is 10.2 Å². The lowest BCUT2D eigenvalue weighted by molar-refractivity contribution is 0.740. The van der Waals surface area contributed by atoms with Crippen LogP contribution in [0.1, 0.15) is 25.3 Å². The molecule has 0 radical (unpaired) electrons. The number of benzene rings is 1. The number of anilines is 2. The first kappa shape index (κ1) is 16.5. The maximum Gasteiger partial charge on any atom is 0.247 e. The van der Waals surface area contributed by atoms with Crippen molar-refractivity contribution in [2.45, 2.75) is 26.2 Å². The summed E-state index contributed by atoms with van der Waals surface area (Å²) in [6.45, 7) is 3.90. The second-order valence-electron chi connectivity index (χ2n) is 5.22. The maximum atomic E-state index is 5.88. The van der Waals surface area contributed by atoms with Crippen LogP contribution >= 0.6 is 11.6 Å². The summed E-state index contributed by atoms with van der Waals surface area (Å²) < 4.78 is 0. The summed E-state index contributed by atoms with van der Waals surface area (Å²) in [6.07, 6.45) is 4.83. The third kappa shape index (κ3) is 5.15. The molecule has 0 saturated heterocycles.